The van der Waals surface area contributed by atoms with Gasteiger partial charge in [-0.15, -0.1) is 0 Å². The number of rotatable bonds is 4. The molecular formula is C30H42FNO3. The zero-order valence-corrected chi connectivity index (χ0v) is 22.1. The van der Waals surface area contributed by atoms with Crippen LogP contribution in [0, 0.1) is 38.9 Å². The zero-order valence-electron chi connectivity index (χ0n) is 22.1. The van der Waals surface area contributed by atoms with Crippen LogP contribution in [0.4, 0.5) is 4.39 Å². The van der Waals surface area contributed by atoms with E-state index in [1.807, 2.05) is 6.08 Å². The lowest BCUT2D eigenvalue weighted by Crippen LogP contribution is -2.65. The van der Waals surface area contributed by atoms with Crippen molar-refractivity contribution in [2.24, 2.45) is 44.6 Å². The van der Waals surface area contributed by atoms with E-state index in [1.165, 1.54) is 12.8 Å². The summed E-state index contributed by atoms with van der Waals surface area (Å²) in [5, 5.41) is 0. The Balaban J connectivity index is 1.53. The first-order valence-electron chi connectivity index (χ1n) is 13.5. The van der Waals surface area contributed by atoms with Crippen molar-refractivity contribution in [2.75, 3.05) is 13.3 Å². The van der Waals surface area contributed by atoms with Crippen LogP contribution in [0.15, 0.2) is 35.1 Å². The highest BCUT2D eigenvalue weighted by molar-refractivity contribution is 6.05. The molecule has 7 atom stereocenters. The van der Waals surface area contributed by atoms with E-state index in [2.05, 4.69) is 40.7 Å². The summed E-state index contributed by atoms with van der Waals surface area (Å²) in [5.41, 5.74) is 8.09. The van der Waals surface area contributed by atoms with Crippen molar-refractivity contribution in [3.05, 3.63) is 35.1 Å². The largest absolute Gasteiger partial charge is 0.487 e. The van der Waals surface area contributed by atoms with Crippen LogP contribution in [-0.2, 0) is 14.3 Å². The summed E-state index contributed by atoms with van der Waals surface area (Å²) in [5.74, 6) is 0.839. The van der Waals surface area contributed by atoms with Crippen LogP contribution in [0.5, 0.6) is 0 Å². The van der Waals surface area contributed by atoms with Crippen molar-refractivity contribution in [1.29, 1.82) is 0 Å². The van der Waals surface area contributed by atoms with Crippen LogP contribution in [0.25, 0.3) is 0 Å². The van der Waals surface area contributed by atoms with Gasteiger partial charge in [0.2, 0.25) is 11.7 Å². The molecule has 5 rings (SSSR count). The molecule has 0 bridgehead atoms. The van der Waals surface area contributed by atoms with Gasteiger partial charge in [-0.3, -0.25) is 9.59 Å². The summed E-state index contributed by atoms with van der Waals surface area (Å²) in [4.78, 5) is 25.4. The lowest BCUT2D eigenvalue weighted by molar-refractivity contribution is -0.214. The molecule has 5 heteroatoms. The number of carbonyl (C=O) groups excluding carboxylic acids is 2. The second kappa shape index (κ2) is 7.79. The number of halogens is 1. The summed E-state index contributed by atoms with van der Waals surface area (Å²) in [6, 6.07) is 0. The third-order valence-electron chi connectivity index (χ3n) is 12.0. The first-order valence-corrected chi connectivity index (χ1v) is 13.5. The first kappa shape index (κ1) is 24.8. The lowest BCUT2D eigenvalue weighted by Gasteiger charge is -2.72. The van der Waals surface area contributed by atoms with Crippen molar-refractivity contribution in [1.82, 2.24) is 0 Å². The topological polar surface area (TPSA) is 69.4 Å². The molecule has 3 saturated carbocycles. The van der Waals surface area contributed by atoms with Gasteiger partial charge in [0.05, 0.1) is 0 Å². The molecule has 4 nitrogen and oxygen atoms in total. The maximum Gasteiger partial charge on any atom is 0.223 e. The average Bonchev–Trinajstić information content (AvgIpc) is 2.81. The van der Waals surface area contributed by atoms with Gasteiger partial charge in [0.1, 0.15) is 13.3 Å². The Morgan fingerprint density at radius 3 is 2.34 bits per heavy atom. The van der Waals surface area contributed by atoms with Crippen LogP contribution in [0.2, 0.25) is 0 Å². The number of hydrogen-bond acceptors (Lipinski definition) is 3. The molecule has 5 aliphatic rings. The molecule has 3 fully saturated rings. The summed E-state index contributed by atoms with van der Waals surface area (Å²) in [6.45, 7) is 11.2. The molecular weight excluding hydrogens is 441 g/mol. The number of carbonyl (C=O) groups is 2. The lowest BCUT2D eigenvalue weighted by atomic mass is 9.32. The Morgan fingerprint density at radius 2 is 1.66 bits per heavy atom. The van der Waals surface area contributed by atoms with Gasteiger partial charge in [-0.25, -0.2) is 4.39 Å². The molecule has 0 radical (unpaired) electrons. The van der Waals surface area contributed by atoms with Crippen molar-refractivity contribution in [3.63, 3.8) is 0 Å². The minimum absolute atomic E-state index is 0.0886. The molecule has 0 spiro atoms. The van der Waals surface area contributed by atoms with Gasteiger partial charge in [0.15, 0.2) is 5.76 Å². The molecule has 1 unspecified atom stereocenters. The number of nitrogens with two attached hydrogens (primary N) is 1. The Bertz CT molecular complexity index is 1060. The van der Waals surface area contributed by atoms with Gasteiger partial charge in [-0.1, -0.05) is 40.7 Å². The molecule has 35 heavy (non-hydrogen) atoms. The quantitative estimate of drug-likeness (QED) is 0.516. The van der Waals surface area contributed by atoms with Crippen LogP contribution in [0.3, 0.4) is 0 Å². The van der Waals surface area contributed by atoms with Crippen LogP contribution >= 0.6 is 0 Å². The Labute approximate surface area is 209 Å². The average molecular weight is 484 g/mol. The van der Waals surface area contributed by atoms with E-state index < -0.39 is 12.1 Å². The van der Waals surface area contributed by atoms with Gasteiger partial charge in [0, 0.05) is 5.41 Å². The summed E-state index contributed by atoms with van der Waals surface area (Å²) >= 11 is 0. The predicted molar refractivity (Wildman–Crippen MR) is 135 cm³/mol. The third kappa shape index (κ3) is 3.28. The number of primary amides is 1. The summed E-state index contributed by atoms with van der Waals surface area (Å²) < 4.78 is 18.1. The number of hydrogen-bond donors (Lipinski definition) is 1. The Hall–Kier alpha value is -1.91. The highest BCUT2D eigenvalue weighted by atomic mass is 19.1. The standard InChI is InChI=1S/C30H42FNO3/c1-26-8-9-27(2,25(32)34)18-24(26)30(5)13-11-28(3)20-17-21(33)22(35-15-14-31)16-19(20)6-7-23(28)29(30,4)12-10-26/h6,16-17,23-24H,7-15,18H2,1-5H3,(H2,32,34)/t23?,24-,26-,27-,28+,29-,30+/m1/s1. The Kier molecular flexibility index (Phi) is 5.51. The van der Waals surface area contributed by atoms with Crippen molar-refractivity contribution in [2.45, 2.75) is 86.0 Å². The molecule has 0 aromatic rings. The molecule has 0 heterocycles. The predicted octanol–water partition coefficient (Wildman–Crippen LogP) is 6.22. The fourth-order valence-corrected chi connectivity index (χ4v) is 9.30. The number of ether oxygens (including phenoxy) is 1. The van der Waals surface area contributed by atoms with Crippen molar-refractivity contribution < 1.29 is 18.7 Å². The van der Waals surface area contributed by atoms with Crippen molar-refractivity contribution in [3.8, 4) is 0 Å². The zero-order chi connectivity index (χ0) is 25.4. The van der Waals surface area contributed by atoms with E-state index in [0.29, 0.717) is 11.8 Å². The molecule has 0 aromatic carbocycles. The maximum absolute atomic E-state index is 12.9. The van der Waals surface area contributed by atoms with Crippen molar-refractivity contribution >= 4 is 11.7 Å². The number of fused-ring (bicyclic) bond motifs is 7. The molecule has 5 aliphatic carbocycles. The minimum atomic E-state index is -0.605. The smallest absolute Gasteiger partial charge is 0.223 e. The van der Waals surface area contributed by atoms with E-state index >= 15 is 0 Å². The second-order valence-corrected chi connectivity index (χ2v) is 13.5. The van der Waals surface area contributed by atoms with Gasteiger partial charge in [-0.2, -0.15) is 0 Å². The first-order chi connectivity index (χ1) is 16.3. The normalized spacial score (nSPS) is 46.7. The van der Waals surface area contributed by atoms with E-state index in [9.17, 15) is 14.0 Å². The van der Waals surface area contributed by atoms with Crippen LogP contribution < -0.4 is 5.73 Å². The minimum Gasteiger partial charge on any atom is -0.487 e. The SMILES string of the molecule is C[C@@]1(C(N)=O)CC[C@]2(C)CC[C@]3(C)C4CC=C5C=C(OCCF)C(=O)C=C5[C@]4(C)CC[C@@]3(C)[C@@H]2C1. The highest BCUT2D eigenvalue weighted by Crippen LogP contribution is 2.76. The monoisotopic (exact) mass is 483 g/mol. The number of amides is 1. The summed E-state index contributed by atoms with van der Waals surface area (Å²) in [7, 11) is 0. The van der Waals surface area contributed by atoms with E-state index in [4.69, 9.17) is 10.5 Å². The molecule has 1 amide bonds. The Morgan fingerprint density at radius 1 is 1.00 bits per heavy atom. The number of ketones is 1. The molecule has 0 saturated heterocycles. The fraction of sp³-hybridized carbons (Fsp3) is 0.733. The van der Waals surface area contributed by atoms with Crippen LogP contribution in [0.1, 0.15) is 86.0 Å². The number of alkyl halides is 1. The molecule has 0 aliphatic heterocycles. The molecule has 0 aromatic heterocycles. The van der Waals surface area contributed by atoms with E-state index in [0.717, 1.165) is 49.7 Å². The van der Waals surface area contributed by atoms with Gasteiger partial charge in [-0.05, 0) is 108 Å². The third-order valence-corrected chi connectivity index (χ3v) is 12.0. The summed E-state index contributed by atoms with van der Waals surface area (Å²) in [6.07, 6.45) is 14.2. The van der Waals surface area contributed by atoms with Gasteiger partial charge in [0.25, 0.3) is 0 Å². The van der Waals surface area contributed by atoms with Gasteiger partial charge < -0.3 is 10.5 Å². The van der Waals surface area contributed by atoms with E-state index in [-0.39, 0.29) is 45.7 Å². The number of allylic oxidation sites excluding steroid dienone is 5. The van der Waals surface area contributed by atoms with Gasteiger partial charge >= 0.3 is 0 Å². The second-order valence-electron chi connectivity index (χ2n) is 13.5. The van der Waals surface area contributed by atoms with E-state index in [1.54, 1.807) is 6.08 Å². The highest BCUT2D eigenvalue weighted by Gasteiger charge is 2.68. The fourth-order valence-electron chi connectivity index (χ4n) is 9.30. The van der Waals surface area contributed by atoms with Crippen LogP contribution in [-0.4, -0.2) is 25.0 Å². The molecule has 192 valence electrons. The maximum atomic E-state index is 12.9. The molecule has 2 N–H and O–H groups in total.